The van der Waals surface area contributed by atoms with Crippen molar-refractivity contribution in [3.63, 3.8) is 0 Å². The molecule has 0 bridgehead atoms. The molecule has 146 valence electrons. The molecule has 0 atom stereocenters. The van der Waals surface area contributed by atoms with Gasteiger partial charge in [0.1, 0.15) is 0 Å². The molecule has 0 saturated carbocycles. The predicted octanol–water partition coefficient (Wildman–Crippen LogP) is 4.79. The van der Waals surface area contributed by atoms with E-state index in [2.05, 4.69) is 20.4 Å². The fraction of sp³-hybridized carbons (Fsp3) is 0.143. The number of halogens is 1. The van der Waals surface area contributed by atoms with E-state index in [0.717, 1.165) is 21.8 Å². The average Bonchev–Trinajstić information content (AvgIpc) is 3.38. The topological polar surface area (TPSA) is 80.9 Å². The van der Waals surface area contributed by atoms with Gasteiger partial charge in [-0.15, -0.1) is 11.3 Å². The molecule has 0 radical (unpaired) electrons. The minimum absolute atomic E-state index is 0.151. The monoisotopic (exact) mass is 424 g/mol. The van der Waals surface area contributed by atoms with Crippen LogP contribution in [0.4, 0.5) is 0 Å². The van der Waals surface area contributed by atoms with Crippen LogP contribution in [-0.4, -0.2) is 27.6 Å². The normalized spacial score (nSPS) is 10.8. The smallest absolute Gasteiger partial charge is 0.251 e. The van der Waals surface area contributed by atoms with E-state index >= 15 is 0 Å². The van der Waals surface area contributed by atoms with Gasteiger partial charge in [-0.1, -0.05) is 41.0 Å². The average molecular weight is 425 g/mol. The Kier molecular flexibility index (Phi) is 5.69. The van der Waals surface area contributed by atoms with E-state index in [-0.39, 0.29) is 5.91 Å². The third-order valence-electron chi connectivity index (χ3n) is 4.23. The molecule has 0 saturated heterocycles. The number of aromatic nitrogens is 3. The SMILES string of the molecule is Cc1nc(-c2cccc(C(=O)NCCc3nc(-c4ccc(Cl)cc4)cs3)c2)no1. The van der Waals surface area contributed by atoms with Crippen LogP contribution in [0.5, 0.6) is 0 Å². The molecule has 2 aromatic heterocycles. The summed E-state index contributed by atoms with van der Waals surface area (Å²) >= 11 is 7.50. The molecule has 2 aromatic carbocycles. The fourth-order valence-corrected chi connectivity index (χ4v) is 3.71. The van der Waals surface area contributed by atoms with Crippen molar-refractivity contribution >= 4 is 28.8 Å². The largest absolute Gasteiger partial charge is 0.352 e. The van der Waals surface area contributed by atoms with Gasteiger partial charge in [-0.2, -0.15) is 4.98 Å². The van der Waals surface area contributed by atoms with Gasteiger partial charge in [0.05, 0.1) is 10.7 Å². The van der Waals surface area contributed by atoms with Crippen molar-refractivity contribution in [2.24, 2.45) is 0 Å². The highest BCUT2D eigenvalue weighted by Crippen LogP contribution is 2.23. The number of benzene rings is 2. The molecule has 0 aliphatic rings. The number of nitrogens with zero attached hydrogens (tertiary/aromatic N) is 3. The second-order valence-electron chi connectivity index (χ2n) is 6.36. The number of carbonyl (C=O) groups is 1. The molecular weight excluding hydrogens is 408 g/mol. The Hall–Kier alpha value is -3.03. The molecule has 29 heavy (non-hydrogen) atoms. The van der Waals surface area contributed by atoms with Gasteiger partial charge in [-0.25, -0.2) is 4.98 Å². The number of rotatable bonds is 6. The van der Waals surface area contributed by atoms with E-state index < -0.39 is 0 Å². The highest BCUT2D eigenvalue weighted by Gasteiger charge is 2.11. The molecule has 1 amide bonds. The highest BCUT2D eigenvalue weighted by molar-refractivity contribution is 7.09. The molecule has 1 N–H and O–H groups in total. The maximum atomic E-state index is 12.5. The summed E-state index contributed by atoms with van der Waals surface area (Å²) in [7, 11) is 0. The Morgan fingerprint density at radius 2 is 1.97 bits per heavy atom. The van der Waals surface area contributed by atoms with Gasteiger partial charge in [0, 0.05) is 47.0 Å². The van der Waals surface area contributed by atoms with Crippen molar-refractivity contribution in [2.45, 2.75) is 13.3 Å². The zero-order valence-electron chi connectivity index (χ0n) is 15.6. The fourth-order valence-electron chi connectivity index (χ4n) is 2.78. The van der Waals surface area contributed by atoms with Gasteiger partial charge in [0.2, 0.25) is 11.7 Å². The van der Waals surface area contributed by atoms with Crippen LogP contribution in [0.3, 0.4) is 0 Å². The molecule has 8 heteroatoms. The molecule has 6 nitrogen and oxygen atoms in total. The van der Waals surface area contributed by atoms with Gasteiger partial charge in [-0.3, -0.25) is 4.79 Å². The van der Waals surface area contributed by atoms with Crippen LogP contribution in [-0.2, 0) is 6.42 Å². The van der Waals surface area contributed by atoms with Crippen LogP contribution >= 0.6 is 22.9 Å². The number of aryl methyl sites for hydroxylation is 1. The van der Waals surface area contributed by atoms with Crippen molar-refractivity contribution < 1.29 is 9.32 Å². The van der Waals surface area contributed by atoms with E-state index in [9.17, 15) is 4.79 Å². The summed E-state index contributed by atoms with van der Waals surface area (Å²) < 4.78 is 5.00. The molecule has 0 aliphatic carbocycles. The molecule has 2 heterocycles. The van der Waals surface area contributed by atoms with Gasteiger partial charge in [0.25, 0.3) is 5.91 Å². The molecule has 4 rings (SSSR count). The van der Waals surface area contributed by atoms with Crippen molar-refractivity contribution in [1.29, 1.82) is 0 Å². The zero-order chi connectivity index (χ0) is 20.2. The first-order valence-corrected chi connectivity index (χ1v) is 10.2. The number of carbonyl (C=O) groups excluding carboxylic acids is 1. The molecule has 0 fully saturated rings. The third-order valence-corrected chi connectivity index (χ3v) is 5.39. The van der Waals surface area contributed by atoms with Gasteiger partial charge in [-0.05, 0) is 24.3 Å². The lowest BCUT2D eigenvalue weighted by Gasteiger charge is -2.05. The van der Waals surface area contributed by atoms with Crippen molar-refractivity contribution in [1.82, 2.24) is 20.4 Å². The third kappa shape index (κ3) is 4.70. The molecule has 4 aromatic rings. The summed E-state index contributed by atoms with van der Waals surface area (Å²) in [5.74, 6) is 0.799. The lowest BCUT2D eigenvalue weighted by molar-refractivity contribution is 0.0954. The van der Waals surface area contributed by atoms with Crippen LogP contribution in [0.25, 0.3) is 22.6 Å². The van der Waals surface area contributed by atoms with E-state index in [1.54, 1.807) is 36.5 Å². The molecule has 0 aliphatic heterocycles. The van der Waals surface area contributed by atoms with Gasteiger partial charge < -0.3 is 9.84 Å². The quantitative estimate of drug-likeness (QED) is 0.481. The minimum atomic E-state index is -0.151. The van der Waals surface area contributed by atoms with Crippen molar-refractivity contribution in [2.75, 3.05) is 6.54 Å². The maximum Gasteiger partial charge on any atom is 0.251 e. The summed E-state index contributed by atoms with van der Waals surface area (Å²) in [6, 6.07) is 14.7. The van der Waals surface area contributed by atoms with Crippen LogP contribution in [0.2, 0.25) is 5.02 Å². The first-order valence-electron chi connectivity index (χ1n) is 8.98. The lowest BCUT2D eigenvalue weighted by Crippen LogP contribution is -2.25. The van der Waals surface area contributed by atoms with E-state index in [4.69, 9.17) is 16.1 Å². The van der Waals surface area contributed by atoms with E-state index in [1.165, 1.54) is 0 Å². The predicted molar refractivity (Wildman–Crippen MR) is 113 cm³/mol. The summed E-state index contributed by atoms with van der Waals surface area (Å²) in [6.07, 6.45) is 0.660. The number of amides is 1. The summed E-state index contributed by atoms with van der Waals surface area (Å²) in [5.41, 5.74) is 3.22. The van der Waals surface area contributed by atoms with Crippen molar-refractivity contribution in [3.05, 3.63) is 75.4 Å². The van der Waals surface area contributed by atoms with Gasteiger partial charge in [0.15, 0.2) is 0 Å². The van der Waals surface area contributed by atoms with Crippen LogP contribution < -0.4 is 5.32 Å². The second kappa shape index (κ2) is 8.55. The first kappa shape index (κ1) is 19.3. The lowest BCUT2D eigenvalue weighted by atomic mass is 10.1. The van der Waals surface area contributed by atoms with E-state index in [0.29, 0.717) is 35.3 Å². The second-order valence-corrected chi connectivity index (χ2v) is 7.74. The Labute approximate surface area is 176 Å². The summed E-state index contributed by atoms with van der Waals surface area (Å²) in [6.45, 7) is 2.22. The van der Waals surface area contributed by atoms with Crippen LogP contribution in [0.1, 0.15) is 21.3 Å². The Morgan fingerprint density at radius 1 is 1.14 bits per heavy atom. The zero-order valence-corrected chi connectivity index (χ0v) is 17.1. The standard InChI is InChI=1S/C21H17ClN4O2S/c1-13-24-20(26-28-13)15-3-2-4-16(11-15)21(27)23-10-9-19-25-18(12-29-19)14-5-7-17(22)8-6-14/h2-8,11-12H,9-10H2,1H3,(H,23,27). The summed E-state index contributed by atoms with van der Waals surface area (Å²) in [4.78, 5) is 21.3. The Bertz CT molecular complexity index is 1140. The number of hydrogen-bond donors (Lipinski definition) is 1. The van der Waals surface area contributed by atoms with Crippen LogP contribution in [0.15, 0.2) is 58.4 Å². The van der Waals surface area contributed by atoms with Crippen molar-refractivity contribution in [3.8, 4) is 22.6 Å². The number of hydrogen-bond acceptors (Lipinski definition) is 6. The Morgan fingerprint density at radius 3 is 2.72 bits per heavy atom. The number of thiazole rings is 1. The summed E-state index contributed by atoms with van der Waals surface area (Å²) in [5, 5.41) is 10.5. The first-order chi connectivity index (χ1) is 14.1. The van der Waals surface area contributed by atoms with Crippen LogP contribution in [0, 0.1) is 6.92 Å². The number of nitrogens with one attached hydrogen (secondary N) is 1. The Balaban J connectivity index is 1.35. The maximum absolute atomic E-state index is 12.5. The highest BCUT2D eigenvalue weighted by atomic mass is 35.5. The molecule has 0 unspecified atom stereocenters. The molecule has 0 spiro atoms. The van der Waals surface area contributed by atoms with Gasteiger partial charge >= 0.3 is 0 Å². The minimum Gasteiger partial charge on any atom is -0.352 e. The van der Waals surface area contributed by atoms with E-state index in [1.807, 2.05) is 35.7 Å². The molecular formula is C21H17ClN4O2S.